The van der Waals surface area contributed by atoms with Gasteiger partial charge < -0.3 is 10.2 Å². The summed E-state index contributed by atoms with van der Waals surface area (Å²) in [7, 11) is 0. The average molecular weight is 140 g/mol. The molecule has 10 heavy (non-hydrogen) atoms. The zero-order valence-corrected chi connectivity index (χ0v) is 5.60. The van der Waals surface area contributed by atoms with Crippen LogP contribution in [0.25, 0.3) is 0 Å². The third kappa shape index (κ3) is 6.55. The molecule has 0 aromatic carbocycles. The number of carbonyl (C=O) groups excluding carboxylic acids is 1. The molecule has 0 atom stereocenters. The van der Waals surface area contributed by atoms with Crippen LogP contribution in [0, 0.1) is 24.4 Å². The maximum atomic E-state index is 10.3. The molecule has 0 spiro atoms. The normalized spacial score (nSPS) is 5.60. The van der Waals surface area contributed by atoms with Crippen molar-refractivity contribution < 1.29 is 15.0 Å². The van der Waals surface area contributed by atoms with E-state index in [1.807, 2.05) is 5.92 Å². The van der Waals surface area contributed by atoms with Crippen molar-refractivity contribution in [2.24, 2.45) is 0 Å². The first-order valence-corrected chi connectivity index (χ1v) is 2.46. The van der Waals surface area contributed by atoms with Gasteiger partial charge in [0.1, 0.15) is 6.11 Å². The Morgan fingerprint density at radius 2 is 2.30 bits per heavy atom. The zero-order valence-electron chi connectivity index (χ0n) is 5.60. The van der Waals surface area contributed by atoms with Crippen molar-refractivity contribution in [2.75, 3.05) is 0 Å². The number of terminal acetylenes is 1. The van der Waals surface area contributed by atoms with Crippen molar-refractivity contribution >= 4 is 5.97 Å². The van der Waals surface area contributed by atoms with E-state index in [2.05, 4.69) is 16.8 Å². The molecule has 0 saturated heterocycles. The van der Waals surface area contributed by atoms with Gasteiger partial charge in [0, 0.05) is 12.3 Å². The molecule has 2 N–H and O–H groups in total. The molecule has 0 aromatic rings. The summed E-state index contributed by atoms with van der Waals surface area (Å²) >= 11 is 0. The molecule has 0 bridgehead atoms. The summed E-state index contributed by atoms with van der Waals surface area (Å²) < 4.78 is 4.29. The van der Waals surface area contributed by atoms with Crippen molar-refractivity contribution in [3.8, 4) is 24.4 Å². The number of ether oxygens (including phenoxy) is 1. The maximum Gasteiger partial charge on any atom is 0.319 e. The second kappa shape index (κ2) is 7.55. The van der Waals surface area contributed by atoms with Crippen LogP contribution >= 0.6 is 0 Å². The van der Waals surface area contributed by atoms with Crippen LogP contribution in [0.15, 0.2) is 0 Å². The Morgan fingerprint density at radius 3 is 2.70 bits per heavy atom. The minimum absolute atomic E-state index is 0. The lowest BCUT2D eigenvalue weighted by Crippen LogP contribution is -1.95. The second-order valence-electron chi connectivity index (χ2n) is 1.20. The molecule has 54 valence electrons. The molecule has 3 nitrogen and oxygen atoms in total. The highest BCUT2D eigenvalue weighted by Crippen LogP contribution is 1.79. The Bertz CT molecular complexity index is 189. The summed E-state index contributed by atoms with van der Waals surface area (Å²) in [6.07, 6.45) is 7.11. The third-order valence-electron chi connectivity index (χ3n) is 0.577. The Morgan fingerprint density at radius 1 is 1.70 bits per heavy atom. The first kappa shape index (κ1) is 11.4. The van der Waals surface area contributed by atoms with Crippen molar-refractivity contribution in [3.63, 3.8) is 0 Å². The standard InChI is InChI=1S/C7H6O2.H2O/c1-3-5-6-9-7(8)4-2;/h1H,4H2,2H3;1H2. The van der Waals surface area contributed by atoms with Crippen LogP contribution in [0.4, 0.5) is 0 Å². The van der Waals surface area contributed by atoms with Gasteiger partial charge in [-0.15, -0.1) is 6.42 Å². The molecule has 3 heteroatoms. The van der Waals surface area contributed by atoms with Crippen LogP contribution in [0.3, 0.4) is 0 Å². The van der Waals surface area contributed by atoms with Crippen LogP contribution in [-0.4, -0.2) is 11.4 Å². The Kier molecular flexibility index (Phi) is 8.58. The maximum absolute atomic E-state index is 10.3. The van der Waals surface area contributed by atoms with Crippen molar-refractivity contribution in [3.05, 3.63) is 0 Å². The number of hydrogen-bond acceptors (Lipinski definition) is 2. The highest BCUT2D eigenvalue weighted by Gasteiger charge is 1.91. The third-order valence-corrected chi connectivity index (χ3v) is 0.577. The van der Waals surface area contributed by atoms with Gasteiger partial charge in [0.25, 0.3) is 0 Å². The van der Waals surface area contributed by atoms with Crippen LogP contribution in [0.1, 0.15) is 13.3 Å². The van der Waals surface area contributed by atoms with Gasteiger partial charge in [-0.1, -0.05) is 6.92 Å². The number of hydrogen-bond donors (Lipinski definition) is 0. The highest BCUT2D eigenvalue weighted by atomic mass is 16.5. The minimum atomic E-state index is -0.363. The first-order chi connectivity index (χ1) is 4.31. The minimum Gasteiger partial charge on any atom is -0.412 e. The number of carbonyl (C=O) groups is 1. The molecule has 0 rings (SSSR count). The number of rotatable bonds is 1. The molecule has 0 saturated carbocycles. The molecular formula is C7H8O3. The molecule has 0 heterocycles. The van der Waals surface area contributed by atoms with E-state index in [9.17, 15) is 4.79 Å². The van der Waals surface area contributed by atoms with Crippen molar-refractivity contribution in [1.82, 2.24) is 0 Å². The average Bonchev–Trinajstić information content (AvgIpc) is 1.89. The molecule has 0 fully saturated rings. The molecule has 0 aliphatic heterocycles. The van der Waals surface area contributed by atoms with E-state index >= 15 is 0 Å². The quantitative estimate of drug-likeness (QED) is 0.371. The van der Waals surface area contributed by atoms with Crippen LogP contribution < -0.4 is 0 Å². The van der Waals surface area contributed by atoms with Gasteiger partial charge in [-0.2, -0.15) is 0 Å². The fraction of sp³-hybridized carbons (Fsp3) is 0.286. The largest absolute Gasteiger partial charge is 0.412 e. The molecule has 0 aliphatic rings. The Labute approximate surface area is 59.7 Å². The molecular weight excluding hydrogens is 132 g/mol. The van der Waals surface area contributed by atoms with Gasteiger partial charge in [-0.25, -0.2) is 0 Å². The van der Waals surface area contributed by atoms with Crippen LogP contribution in [-0.2, 0) is 9.53 Å². The fourth-order valence-electron chi connectivity index (χ4n) is 0.184. The van der Waals surface area contributed by atoms with Gasteiger partial charge in [-0.3, -0.25) is 4.79 Å². The van der Waals surface area contributed by atoms with Gasteiger partial charge in [0.2, 0.25) is 0 Å². The van der Waals surface area contributed by atoms with Gasteiger partial charge >= 0.3 is 5.97 Å². The second-order valence-corrected chi connectivity index (χ2v) is 1.20. The lowest BCUT2D eigenvalue weighted by molar-refractivity contribution is -0.136. The monoisotopic (exact) mass is 140 g/mol. The topological polar surface area (TPSA) is 57.8 Å². The summed E-state index contributed by atoms with van der Waals surface area (Å²) in [5.41, 5.74) is 0. The van der Waals surface area contributed by atoms with Gasteiger partial charge in [0.05, 0.1) is 0 Å². The highest BCUT2D eigenvalue weighted by molar-refractivity contribution is 5.70. The summed E-state index contributed by atoms with van der Waals surface area (Å²) in [6, 6.07) is 0. The predicted octanol–water partition coefficient (Wildman–Crippen LogP) is -0.291. The van der Waals surface area contributed by atoms with Crippen molar-refractivity contribution in [1.29, 1.82) is 0 Å². The molecule has 0 unspecified atom stereocenters. The first-order valence-electron chi connectivity index (χ1n) is 2.46. The molecule has 0 radical (unpaired) electrons. The van der Waals surface area contributed by atoms with Crippen LogP contribution in [0.5, 0.6) is 0 Å². The van der Waals surface area contributed by atoms with E-state index in [1.54, 1.807) is 6.92 Å². The van der Waals surface area contributed by atoms with Crippen LogP contribution in [0.2, 0.25) is 0 Å². The SMILES string of the molecule is C#CC#COC(=O)CC.O. The Hall–Kier alpha value is -1.45. The van der Waals surface area contributed by atoms with E-state index < -0.39 is 0 Å². The molecule has 0 aromatic heterocycles. The summed E-state index contributed by atoms with van der Waals surface area (Å²) in [4.78, 5) is 10.3. The number of esters is 1. The lowest BCUT2D eigenvalue weighted by atomic mass is 10.5. The summed E-state index contributed by atoms with van der Waals surface area (Å²) in [5, 5.41) is 0. The summed E-state index contributed by atoms with van der Waals surface area (Å²) in [5.74, 6) is 3.79. The fourth-order valence-corrected chi connectivity index (χ4v) is 0.184. The van der Waals surface area contributed by atoms with Gasteiger partial charge in [0.15, 0.2) is 0 Å². The smallest absolute Gasteiger partial charge is 0.319 e. The van der Waals surface area contributed by atoms with E-state index in [0.717, 1.165) is 0 Å². The van der Waals surface area contributed by atoms with E-state index in [0.29, 0.717) is 6.42 Å². The predicted molar refractivity (Wildman–Crippen MR) is 36.6 cm³/mol. The summed E-state index contributed by atoms with van der Waals surface area (Å²) in [6.45, 7) is 1.68. The lowest BCUT2D eigenvalue weighted by Gasteiger charge is -1.85. The van der Waals surface area contributed by atoms with E-state index in [4.69, 9.17) is 6.42 Å². The van der Waals surface area contributed by atoms with E-state index in [1.165, 1.54) is 0 Å². The molecule has 0 amide bonds. The molecule has 0 aliphatic carbocycles. The Balaban J connectivity index is 0. The van der Waals surface area contributed by atoms with Crippen molar-refractivity contribution in [2.45, 2.75) is 13.3 Å². The zero-order chi connectivity index (χ0) is 7.11. The van der Waals surface area contributed by atoms with Gasteiger partial charge in [-0.05, 0) is 5.92 Å². The van der Waals surface area contributed by atoms with E-state index in [-0.39, 0.29) is 11.4 Å².